The van der Waals surface area contributed by atoms with Crippen LogP contribution in [0.2, 0.25) is 0 Å². The van der Waals surface area contributed by atoms with Gasteiger partial charge in [-0.25, -0.2) is 0 Å². The maximum Gasteiger partial charge on any atom is 0.203 e. The molecule has 2 heterocycles. The topological polar surface area (TPSA) is 75.6 Å². The molecule has 0 amide bonds. The Bertz CT molecular complexity index is 1040. The number of nitrogens with one attached hydrogen (secondary N) is 1. The molecule has 2 N–H and O–H groups in total. The van der Waals surface area contributed by atoms with E-state index in [1.54, 1.807) is 0 Å². The number of ether oxygens (including phenoxy) is 2. The van der Waals surface area contributed by atoms with Crippen molar-refractivity contribution in [2.45, 2.75) is 26.1 Å². The van der Waals surface area contributed by atoms with Crippen molar-refractivity contribution >= 4 is 11.0 Å². The fraction of sp³-hybridized carbons (Fsp3) is 0.435. The summed E-state index contributed by atoms with van der Waals surface area (Å²) in [5.41, 5.74) is 3.49. The highest BCUT2D eigenvalue weighted by atomic mass is 16.5. The van der Waals surface area contributed by atoms with Gasteiger partial charge >= 0.3 is 0 Å². The number of fused-ring (bicyclic) bond motifs is 1. The molecule has 0 saturated carbocycles. The number of aryl methyl sites for hydroxylation is 1. The number of benzene rings is 2. The Balaban J connectivity index is 1.47. The normalized spacial score (nSPS) is 16.1. The molecule has 0 aliphatic carbocycles. The zero-order valence-electron chi connectivity index (χ0n) is 17.5. The van der Waals surface area contributed by atoms with E-state index in [4.69, 9.17) is 14.9 Å². The Morgan fingerprint density at radius 3 is 2.50 bits per heavy atom. The van der Waals surface area contributed by atoms with Crippen molar-refractivity contribution in [3.8, 4) is 5.75 Å². The molecule has 30 heavy (non-hydrogen) atoms. The number of morpholine rings is 1. The fourth-order valence-electron chi connectivity index (χ4n) is 3.93. The summed E-state index contributed by atoms with van der Waals surface area (Å²) < 4.78 is 15.1. The first-order valence-electron chi connectivity index (χ1n) is 10.5. The highest BCUT2D eigenvalue weighted by Crippen LogP contribution is 2.15. The fourth-order valence-corrected chi connectivity index (χ4v) is 3.93. The molecule has 1 atom stereocenters. The van der Waals surface area contributed by atoms with E-state index in [9.17, 15) is 5.11 Å². The third-order valence-electron chi connectivity index (χ3n) is 5.54. The van der Waals surface area contributed by atoms with E-state index in [2.05, 4.69) is 4.90 Å². The number of nitrogens with zero attached hydrogens (tertiary/aromatic N) is 3. The van der Waals surface area contributed by atoms with Crippen LogP contribution in [0.15, 0.2) is 48.5 Å². The number of rotatable bonds is 8. The molecule has 0 spiro atoms. The molecule has 7 nitrogen and oxygen atoms in total. The van der Waals surface area contributed by atoms with E-state index in [-0.39, 0.29) is 6.61 Å². The zero-order valence-corrected chi connectivity index (χ0v) is 17.5. The van der Waals surface area contributed by atoms with Gasteiger partial charge in [-0.2, -0.15) is 0 Å². The van der Waals surface area contributed by atoms with Crippen LogP contribution >= 0.6 is 0 Å². The highest BCUT2D eigenvalue weighted by molar-refractivity contribution is 5.75. The number of hydrogen-bond donors (Lipinski definition) is 2. The van der Waals surface area contributed by atoms with E-state index < -0.39 is 6.10 Å². The Morgan fingerprint density at radius 1 is 1.03 bits per heavy atom. The van der Waals surface area contributed by atoms with E-state index >= 15 is 0 Å². The minimum atomic E-state index is -0.710. The van der Waals surface area contributed by atoms with Crippen LogP contribution in [0.1, 0.15) is 5.56 Å². The third kappa shape index (κ3) is 4.75. The molecule has 160 valence electrons. The van der Waals surface area contributed by atoms with Crippen LogP contribution in [0.25, 0.3) is 11.0 Å². The van der Waals surface area contributed by atoms with E-state index in [1.165, 1.54) is 0 Å². The number of imidazole rings is 1. The predicted molar refractivity (Wildman–Crippen MR) is 116 cm³/mol. The van der Waals surface area contributed by atoms with Crippen LogP contribution < -0.4 is 10.4 Å². The lowest BCUT2D eigenvalue weighted by molar-refractivity contribution is 0.0363. The molecule has 1 saturated heterocycles. The van der Waals surface area contributed by atoms with Crippen molar-refractivity contribution < 1.29 is 14.6 Å². The average molecular weight is 411 g/mol. The zero-order chi connectivity index (χ0) is 20.9. The minimum absolute atomic E-state index is 0.184. The molecule has 1 fully saturated rings. The molecule has 1 aliphatic heterocycles. The third-order valence-corrected chi connectivity index (χ3v) is 5.54. The van der Waals surface area contributed by atoms with Gasteiger partial charge < -0.3 is 23.7 Å². The Morgan fingerprint density at radius 2 is 1.77 bits per heavy atom. The lowest BCUT2D eigenvalue weighted by Crippen LogP contribution is -2.39. The lowest BCUT2D eigenvalue weighted by Gasteiger charge is -2.26. The van der Waals surface area contributed by atoms with Gasteiger partial charge in [0, 0.05) is 26.2 Å². The van der Waals surface area contributed by atoms with E-state index in [0.29, 0.717) is 12.2 Å². The molecule has 0 bridgehead atoms. The van der Waals surface area contributed by atoms with Gasteiger partial charge in [-0.3, -0.25) is 10.3 Å². The molecular weight excluding hydrogens is 380 g/mol. The van der Waals surface area contributed by atoms with Crippen LogP contribution in [-0.2, 0) is 17.8 Å². The van der Waals surface area contributed by atoms with Crippen LogP contribution in [0, 0.1) is 12.3 Å². The van der Waals surface area contributed by atoms with Crippen molar-refractivity contribution in [2.75, 3.05) is 39.5 Å². The van der Waals surface area contributed by atoms with Gasteiger partial charge in [0.05, 0.1) is 30.8 Å². The molecule has 0 radical (unpaired) electrons. The van der Waals surface area contributed by atoms with Gasteiger partial charge in [0.15, 0.2) is 0 Å². The van der Waals surface area contributed by atoms with Gasteiger partial charge in [0.25, 0.3) is 0 Å². The minimum Gasteiger partial charge on any atom is -0.491 e. The second-order valence-corrected chi connectivity index (χ2v) is 7.81. The molecule has 4 rings (SSSR count). The van der Waals surface area contributed by atoms with Gasteiger partial charge in [0.1, 0.15) is 18.5 Å². The number of aliphatic hydroxyl groups is 1. The first-order chi connectivity index (χ1) is 14.6. The smallest absolute Gasteiger partial charge is 0.203 e. The summed E-state index contributed by atoms with van der Waals surface area (Å²) in [6, 6.07) is 15.8. The second kappa shape index (κ2) is 9.47. The van der Waals surface area contributed by atoms with Gasteiger partial charge in [-0.1, -0.05) is 24.3 Å². The Labute approximate surface area is 176 Å². The standard InChI is InChI=1S/C23H30N4O3/c1-18-5-4-6-20(15-18)30-17-19(28)16-27-22-8-3-2-7-21(22)26(23(27)24)10-9-25-11-13-29-14-12-25/h2-8,15,19,24,28H,9-14,16-17H2,1H3/t19-/m0/s1. The van der Waals surface area contributed by atoms with Crippen LogP contribution in [0.3, 0.4) is 0 Å². The molecule has 1 aromatic heterocycles. The van der Waals surface area contributed by atoms with Crippen LogP contribution in [-0.4, -0.2) is 64.7 Å². The van der Waals surface area contributed by atoms with Crippen molar-refractivity contribution in [3.05, 3.63) is 59.7 Å². The molecule has 2 aromatic carbocycles. The summed E-state index contributed by atoms with van der Waals surface area (Å²) in [7, 11) is 0. The van der Waals surface area contributed by atoms with Crippen molar-refractivity contribution in [2.24, 2.45) is 0 Å². The molecular formula is C23H30N4O3. The van der Waals surface area contributed by atoms with Gasteiger partial charge in [-0.15, -0.1) is 0 Å². The second-order valence-electron chi connectivity index (χ2n) is 7.81. The van der Waals surface area contributed by atoms with E-state index in [1.807, 2.05) is 64.6 Å². The van der Waals surface area contributed by atoms with Crippen molar-refractivity contribution in [1.29, 1.82) is 5.41 Å². The number of aliphatic hydroxyl groups excluding tert-OH is 1. The number of aromatic nitrogens is 2. The highest BCUT2D eigenvalue weighted by Gasteiger charge is 2.16. The molecule has 0 unspecified atom stereocenters. The number of para-hydroxylation sites is 2. The van der Waals surface area contributed by atoms with Crippen molar-refractivity contribution in [1.82, 2.24) is 14.0 Å². The Hall–Kier alpha value is -2.61. The largest absolute Gasteiger partial charge is 0.491 e. The van der Waals surface area contributed by atoms with Gasteiger partial charge in [0.2, 0.25) is 5.62 Å². The number of hydrogen-bond acceptors (Lipinski definition) is 5. The Kier molecular flexibility index (Phi) is 6.52. The molecule has 7 heteroatoms. The summed E-state index contributed by atoms with van der Waals surface area (Å²) in [4.78, 5) is 2.37. The predicted octanol–water partition coefficient (Wildman–Crippen LogP) is 2.00. The summed E-state index contributed by atoms with van der Waals surface area (Å²) in [6.07, 6.45) is -0.710. The summed E-state index contributed by atoms with van der Waals surface area (Å²) in [5.74, 6) is 0.748. The van der Waals surface area contributed by atoms with Gasteiger partial charge in [-0.05, 0) is 36.8 Å². The quantitative estimate of drug-likeness (QED) is 0.596. The summed E-state index contributed by atoms with van der Waals surface area (Å²) in [5, 5.41) is 19.3. The van der Waals surface area contributed by atoms with Crippen LogP contribution in [0.4, 0.5) is 0 Å². The first-order valence-corrected chi connectivity index (χ1v) is 10.5. The molecule has 3 aromatic rings. The SMILES string of the molecule is Cc1cccc(OC[C@@H](O)Cn2c(=N)n(CCN3CCOCC3)c3ccccc32)c1. The van der Waals surface area contributed by atoms with E-state index in [0.717, 1.165) is 61.7 Å². The first kappa shape index (κ1) is 20.7. The monoisotopic (exact) mass is 410 g/mol. The maximum absolute atomic E-state index is 10.6. The maximum atomic E-state index is 10.6. The average Bonchev–Trinajstić information content (AvgIpc) is 3.03. The summed E-state index contributed by atoms with van der Waals surface area (Å²) in [6.45, 7) is 7.54. The van der Waals surface area contributed by atoms with Crippen molar-refractivity contribution in [3.63, 3.8) is 0 Å². The molecule has 1 aliphatic rings. The summed E-state index contributed by atoms with van der Waals surface area (Å²) >= 11 is 0. The van der Waals surface area contributed by atoms with Crippen LogP contribution in [0.5, 0.6) is 5.75 Å². The lowest BCUT2D eigenvalue weighted by atomic mass is 10.2.